The molecule has 8 heteroatoms. The van der Waals surface area contributed by atoms with Crippen molar-refractivity contribution in [1.82, 2.24) is 4.90 Å². The maximum atomic E-state index is 12.7. The van der Waals surface area contributed by atoms with Gasteiger partial charge in [0.25, 0.3) is 0 Å². The average molecular weight is 423 g/mol. The van der Waals surface area contributed by atoms with Crippen LogP contribution in [0.1, 0.15) is 30.1 Å². The second-order valence-electron chi connectivity index (χ2n) is 7.78. The number of ketones is 1. The highest BCUT2D eigenvalue weighted by Crippen LogP contribution is 2.37. The van der Waals surface area contributed by atoms with Crippen molar-refractivity contribution in [2.24, 2.45) is 5.92 Å². The molecule has 2 amide bonds. The van der Waals surface area contributed by atoms with Gasteiger partial charge in [-0.1, -0.05) is 18.2 Å². The SMILES string of the molecule is CC(=O)c1cc2c(cc1NC(=O)CN1CCCC(C(=O)Nc3ccccc3)C1)OCO2. The number of Topliss-reactive ketones (excluding diaryl/α,β-unsaturated/α-hetero) is 1. The van der Waals surface area contributed by atoms with Crippen LogP contribution in [0.3, 0.4) is 0 Å². The minimum Gasteiger partial charge on any atom is -0.454 e. The molecule has 0 saturated carbocycles. The van der Waals surface area contributed by atoms with Gasteiger partial charge in [-0.15, -0.1) is 0 Å². The van der Waals surface area contributed by atoms with E-state index in [0.29, 0.717) is 29.3 Å². The van der Waals surface area contributed by atoms with Crippen molar-refractivity contribution in [3.05, 3.63) is 48.0 Å². The Morgan fingerprint density at radius 1 is 1.06 bits per heavy atom. The third kappa shape index (κ3) is 5.03. The first-order valence-corrected chi connectivity index (χ1v) is 10.3. The summed E-state index contributed by atoms with van der Waals surface area (Å²) in [6.07, 6.45) is 1.62. The first kappa shape index (κ1) is 20.9. The minimum absolute atomic E-state index is 0.0362. The molecular formula is C23H25N3O5. The summed E-state index contributed by atoms with van der Waals surface area (Å²) in [5.41, 5.74) is 1.54. The van der Waals surface area contributed by atoms with Gasteiger partial charge >= 0.3 is 0 Å². The molecule has 1 unspecified atom stereocenters. The number of nitrogens with one attached hydrogen (secondary N) is 2. The Labute approximate surface area is 180 Å². The fourth-order valence-electron chi connectivity index (χ4n) is 3.91. The minimum atomic E-state index is -0.245. The maximum absolute atomic E-state index is 12.7. The molecule has 162 valence electrons. The van der Waals surface area contributed by atoms with Gasteiger partial charge in [-0.2, -0.15) is 0 Å². The van der Waals surface area contributed by atoms with Gasteiger partial charge in [0, 0.05) is 23.9 Å². The van der Waals surface area contributed by atoms with E-state index in [9.17, 15) is 14.4 Å². The van der Waals surface area contributed by atoms with Crippen molar-refractivity contribution in [3.63, 3.8) is 0 Å². The molecule has 2 aromatic rings. The lowest BCUT2D eigenvalue weighted by Gasteiger charge is -2.31. The highest BCUT2D eigenvalue weighted by Gasteiger charge is 2.27. The van der Waals surface area contributed by atoms with Gasteiger partial charge < -0.3 is 20.1 Å². The van der Waals surface area contributed by atoms with Crippen LogP contribution in [0.2, 0.25) is 0 Å². The first-order chi connectivity index (χ1) is 15.0. The molecule has 1 atom stereocenters. The highest BCUT2D eigenvalue weighted by atomic mass is 16.7. The zero-order chi connectivity index (χ0) is 21.8. The van der Waals surface area contributed by atoms with Crippen LogP contribution in [0.5, 0.6) is 11.5 Å². The van der Waals surface area contributed by atoms with E-state index in [1.807, 2.05) is 35.2 Å². The van der Waals surface area contributed by atoms with Crippen LogP contribution in [0.4, 0.5) is 11.4 Å². The number of rotatable bonds is 6. The molecule has 8 nitrogen and oxygen atoms in total. The number of benzene rings is 2. The number of piperidine rings is 1. The number of amides is 2. The molecule has 0 aromatic heterocycles. The van der Waals surface area contributed by atoms with Crippen molar-refractivity contribution in [3.8, 4) is 11.5 Å². The molecule has 2 aliphatic rings. The fourth-order valence-corrected chi connectivity index (χ4v) is 3.91. The van der Waals surface area contributed by atoms with Crippen LogP contribution in [0, 0.1) is 5.92 Å². The Morgan fingerprint density at radius 3 is 2.55 bits per heavy atom. The largest absolute Gasteiger partial charge is 0.454 e. The zero-order valence-electron chi connectivity index (χ0n) is 17.3. The summed E-state index contributed by atoms with van der Waals surface area (Å²) in [6, 6.07) is 12.5. The Hall–Kier alpha value is -3.39. The van der Waals surface area contributed by atoms with Gasteiger partial charge in [0.05, 0.1) is 18.2 Å². The number of carbonyl (C=O) groups is 3. The van der Waals surface area contributed by atoms with E-state index in [1.165, 1.54) is 6.92 Å². The molecule has 2 aliphatic heterocycles. The van der Waals surface area contributed by atoms with Crippen molar-refractivity contribution in [2.75, 3.05) is 37.1 Å². The third-order valence-corrected chi connectivity index (χ3v) is 5.45. The summed E-state index contributed by atoms with van der Waals surface area (Å²) in [5, 5.41) is 5.75. The van der Waals surface area contributed by atoms with E-state index in [0.717, 1.165) is 25.1 Å². The number of hydrogen-bond donors (Lipinski definition) is 2. The monoisotopic (exact) mass is 423 g/mol. The predicted octanol–water partition coefficient (Wildman–Crippen LogP) is 2.91. The molecule has 0 aliphatic carbocycles. The standard InChI is InChI=1S/C23H25N3O5/c1-15(27)18-10-20-21(31-14-30-20)11-19(18)25-22(28)13-26-9-5-6-16(12-26)23(29)24-17-7-3-2-4-8-17/h2-4,7-8,10-11,16H,5-6,9,12-14H2,1H3,(H,24,29)(H,25,28). The smallest absolute Gasteiger partial charge is 0.238 e. The molecule has 1 fully saturated rings. The van der Waals surface area contributed by atoms with Crippen molar-refractivity contribution < 1.29 is 23.9 Å². The zero-order valence-corrected chi connectivity index (χ0v) is 17.3. The van der Waals surface area contributed by atoms with Crippen LogP contribution in [-0.2, 0) is 9.59 Å². The summed E-state index contributed by atoms with van der Waals surface area (Å²) in [7, 11) is 0. The van der Waals surface area contributed by atoms with Crippen molar-refractivity contribution in [1.29, 1.82) is 0 Å². The number of nitrogens with zero attached hydrogens (tertiary/aromatic N) is 1. The van der Waals surface area contributed by atoms with Crippen LogP contribution < -0.4 is 20.1 Å². The summed E-state index contributed by atoms with van der Waals surface area (Å²) in [6.45, 7) is 2.91. The number of fused-ring (bicyclic) bond motifs is 1. The summed E-state index contributed by atoms with van der Waals surface area (Å²) >= 11 is 0. The molecular weight excluding hydrogens is 398 g/mol. The number of likely N-dealkylation sites (tertiary alicyclic amines) is 1. The summed E-state index contributed by atoms with van der Waals surface area (Å²) in [5.74, 6) is 0.350. The van der Waals surface area contributed by atoms with E-state index in [4.69, 9.17) is 9.47 Å². The van der Waals surface area contributed by atoms with E-state index in [2.05, 4.69) is 10.6 Å². The Balaban J connectivity index is 1.36. The lowest BCUT2D eigenvalue weighted by atomic mass is 9.97. The van der Waals surface area contributed by atoms with Gasteiger partial charge in [-0.05, 0) is 44.5 Å². The third-order valence-electron chi connectivity index (χ3n) is 5.45. The van der Waals surface area contributed by atoms with E-state index in [1.54, 1.807) is 12.1 Å². The summed E-state index contributed by atoms with van der Waals surface area (Å²) < 4.78 is 10.7. The van der Waals surface area contributed by atoms with Crippen molar-refractivity contribution >= 4 is 29.0 Å². The van der Waals surface area contributed by atoms with Gasteiger partial charge in [0.2, 0.25) is 18.6 Å². The molecule has 1 saturated heterocycles. The molecule has 31 heavy (non-hydrogen) atoms. The Bertz CT molecular complexity index is 992. The fraction of sp³-hybridized carbons (Fsp3) is 0.348. The van der Waals surface area contributed by atoms with Gasteiger partial charge in [0.1, 0.15) is 0 Å². The van der Waals surface area contributed by atoms with Gasteiger partial charge in [-0.3, -0.25) is 19.3 Å². The molecule has 4 rings (SSSR count). The summed E-state index contributed by atoms with van der Waals surface area (Å²) in [4.78, 5) is 39.3. The lowest BCUT2D eigenvalue weighted by molar-refractivity contribution is -0.123. The number of hydrogen-bond acceptors (Lipinski definition) is 6. The van der Waals surface area contributed by atoms with E-state index in [-0.39, 0.29) is 36.9 Å². The quantitative estimate of drug-likeness (QED) is 0.694. The average Bonchev–Trinajstić information content (AvgIpc) is 3.21. The second kappa shape index (κ2) is 9.18. The van der Waals surface area contributed by atoms with Gasteiger partial charge in [-0.25, -0.2) is 0 Å². The topological polar surface area (TPSA) is 97.0 Å². The maximum Gasteiger partial charge on any atom is 0.238 e. The van der Waals surface area contributed by atoms with Gasteiger partial charge in [0.15, 0.2) is 17.3 Å². The molecule has 2 heterocycles. The lowest BCUT2D eigenvalue weighted by Crippen LogP contribution is -2.44. The second-order valence-corrected chi connectivity index (χ2v) is 7.78. The Kier molecular flexibility index (Phi) is 6.18. The normalized spacial score (nSPS) is 17.8. The van der Waals surface area contributed by atoms with Crippen LogP contribution in [0.25, 0.3) is 0 Å². The van der Waals surface area contributed by atoms with Crippen LogP contribution >= 0.6 is 0 Å². The van der Waals surface area contributed by atoms with Crippen LogP contribution in [0.15, 0.2) is 42.5 Å². The highest BCUT2D eigenvalue weighted by molar-refractivity contribution is 6.05. The number of anilines is 2. The first-order valence-electron chi connectivity index (χ1n) is 10.3. The van der Waals surface area contributed by atoms with Crippen LogP contribution in [-0.4, -0.2) is 48.9 Å². The van der Waals surface area contributed by atoms with Crippen molar-refractivity contribution in [2.45, 2.75) is 19.8 Å². The Morgan fingerprint density at radius 2 is 1.81 bits per heavy atom. The van der Waals surface area contributed by atoms with E-state index >= 15 is 0 Å². The molecule has 0 radical (unpaired) electrons. The predicted molar refractivity (Wildman–Crippen MR) is 115 cm³/mol. The number of carbonyl (C=O) groups excluding carboxylic acids is 3. The molecule has 2 aromatic carbocycles. The number of para-hydroxylation sites is 1. The molecule has 0 bridgehead atoms. The number of ether oxygens (including phenoxy) is 2. The van der Waals surface area contributed by atoms with E-state index < -0.39 is 0 Å². The molecule has 0 spiro atoms. The molecule has 2 N–H and O–H groups in total.